The third-order valence-electron chi connectivity index (χ3n) is 5.11. The Balaban J connectivity index is 1.38. The van der Waals surface area contributed by atoms with Crippen molar-refractivity contribution in [2.45, 2.75) is 13.3 Å². The van der Waals surface area contributed by atoms with Gasteiger partial charge in [-0.05, 0) is 59.1 Å². The van der Waals surface area contributed by atoms with Crippen LogP contribution >= 0.6 is 27.3 Å². The van der Waals surface area contributed by atoms with Crippen LogP contribution in [0.4, 0.5) is 11.4 Å². The monoisotopic (exact) mass is 473 g/mol. The molecule has 1 aromatic carbocycles. The number of thiophene rings is 1. The first kappa shape index (κ1) is 20.1. The number of amides is 1. The van der Waals surface area contributed by atoms with Crippen molar-refractivity contribution >= 4 is 54.8 Å². The first-order valence-corrected chi connectivity index (χ1v) is 11.3. The van der Waals surface area contributed by atoms with Crippen LogP contribution in [-0.4, -0.2) is 43.6 Å². The zero-order valence-electron chi connectivity index (χ0n) is 16.3. The van der Waals surface area contributed by atoms with E-state index in [1.165, 1.54) is 22.6 Å². The average Bonchev–Trinajstić information content (AvgIpc) is 3.04. The van der Waals surface area contributed by atoms with Crippen LogP contribution in [0.2, 0.25) is 0 Å². The van der Waals surface area contributed by atoms with Crippen LogP contribution in [0.1, 0.15) is 20.9 Å². The topological polar surface area (TPSA) is 83.3 Å². The van der Waals surface area contributed by atoms with E-state index in [0.717, 1.165) is 53.0 Å². The number of hydrogen-bond acceptors (Lipinski definition) is 6. The summed E-state index contributed by atoms with van der Waals surface area (Å²) in [5, 5.41) is 7.21. The molecule has 2 aromatic heterocycles. The average molecular weight is 474 g/mol. The first-order chi connectivity index (χ1) is 14.0. The molecular weight excluding hydrogens is 450 g/mol. The molecule has 1 saturated heterocycles. The number of piperazine rings is 1. The van der Waals surface area contributed by atoms with Crippen LogP contribution in [0.5, 0.6) is 0 Å². The molecular formula is C21H24BrN5OS. The highest BCUT2D eigenvalue weighted by Gasteiger charge is 2.17. The summed E-state index contributed by atoms with van der Waals surface area (Å²) >= 11 is 5.05. The fourth-order valence-corrected chi connectivity index (χ4v) is 5.26. The number of aryl methyl sites for hydroxylation is 1. The zero-order valence-corrected chi connectivity index (χ0v) is 18.7. The van der Waals surface area contributed by atoms with E-state index in [9.17, 15) is 4.79 Å². The number of halogens is 1. The van der Waals surface area contributed by atoms with Gasteiger partial charge in [-0.2, -0.15) is 0 Å². The van der Waals surface area contributed by atoms with Gasteiger partial charge in [0.25, 0.3) is 5.91 Å². The Labute approximate surface area is 182 Å². The fraction of sp³-hybridized carbons (Fsp3) is 0.333. The number of nitrogens with zero attached hydrogens (tertiary/aromatic N) is 2. The molecule has 0 atom stereocenters. The molecule has 152 valence electrons. The highest BCUT2D eigenvalue weighted by molar-refractivity contribution is 9.10. The van der Waals surface area contributed by atoms with Gasteiger partial charge in [0.2, 0.25) is 0 Å². The van der Waals surface area contributed by atoms with Gasteiger partial charge in [0.1, 0.15) is 9.71 Å². The van der Waals surface area contributed by atoms with Crippen molar-refractivity contribution in [3.63, 3.8) is 0 Å². The summed E-state index contributed by atoms with van der Waals surface area (Å²) in [5.74, 6) is -0.139. The summed E-state index contributed by atoms with van der Waals surface area (Å²) in [6, 6.07) is 10.3. The molecule has 3 aromatic rings. The maximum absolute atomic E-state index is 12.6. The van der Waals surface area contributed by atoms with E-state index in [-0.39, 0.29) is 5.91 Å². The van der Waals surface area contributed by atoms with Crippen molar-refractivity contribution in [2.75, 3.05) is 43.4 Å². The highest BCUT2D eigenvalue weighted by Crippen LogP contribution is 2.32. The number of aromatic nitrogens is 1. The fourth-order valence-electron chi connectivity index (χ4n) is 3.53. The molecule has 4 rings (SSSR count). The van der Waals surface area contributed by atoms with Crippen LogP contribution in [0, 0.1) is 6.92 Å². The Kier molecular flexibility index (Phi) is 6.03. The molecule has 1 aliphatic rings. The van der Waals surface area contributed by atoms with Crippen LogP contribution in [-0.2, 0) is 6.42 Å². The van der Waals surface area contributed by atoms with Crippen LogP contribution in [0.3, 0.4) is 0 Å². The molecule has 1 amide bonds. The lowest BCUT2D eigenvalue weighted by atomic mass is 10.1. The quantitative estimate of drug-likeness (QED) is 0.529. The Morgan fingerprint density at radius 3 is 2.86 bits per heavy atom. The molecule has 0 aliphatic carbocycles. The summed E-state index contributed by atoms with van der Waals surface area (Å²) in [5.41, 5.74) is 10.0. The van der Waals surface area contributed by atoms with Gasteiger partial charge in [0, 0.05) is 48.3 Å². The molecule has 0 unspecified atom stereocenters. The van der Waals surface area contributed by atoms with Gasteiger partial charge in [-0.3, -0.25) is 4.79 Å². The Morgan fingerprint density at radius 2 is 2.10 bits per heavy atom. The number of rotatable bonds is 5. The number of carbonyl (C=O) groups excluding carboxylic acids is 1. The Bertz CT molecular complexity index is 1040. The molecule has 3 heterocycles. The van der Waals surface area contributed by atoms with Crippen LogP contribution in [0.25, 0.3) is 10.2 Å². The number of nitrogens with two attached hydrogens (primary N) is 1. The van der Waals surface area contributed by atoms with Gasteiger partial charge in [-0.1, -0.05) is 6.07 Å². The van der Waals surface area contributed by atoms with Crippen LogP contribution in [0.15, 0.2) is 34.8 Å². The van der Waals surface area contributed by atoms with Gasteiger partial charge in [0.05, 0.1) is 11.4 Å². The molecule has 0 radical (unpaired) electrons. The lowest BCUT2D eigenvalue weighted by Crippen LogP contribution is -2.43. The first-order valence-electron chi connectivity index (χ1n) is 9.71. The standard InChI is InChI=1S/C21H24BrN5OS/c1-13-2-4-15-18(23)19(29-21(15)26-13)20(28)25-7-6-14-3-5-17(16(22)12-14)27-10-8-24-9-11-27/h2-5,12,24H,6-11,23H2,1H3,(H,25,28). The minimum Gasteiger partial charge on any atom is -0.397 e. The summed E-state index contributed by atoms with van der Waals surface area (Å²) < 4.78 is 1.10. The van der Waals surface area contributed by atoms with E-state index >= 15 is 0 Å². The minimum atomic E-state index is -0.139. The Hall–Kier alpha value is -2.16. The molecule has 29 heavy (non-hydrogen) atoms. The molecule has 0 saturated carbocycles. The van der Waals surface area contributed by atoms with E-state index in [0.29, 0.717) is 17.1 Å². The number of nitrogen functional groups attached to an aromatic ring is 1. The van der Waals surface area contributed by atoms with Crippen LogP contribution < -0.4 is 21.3 Å². The third kappa shape index (κ3) is 4.39. The molecule has 0 bridgehead atoms. The summed E-state index contributed by atoms with van der Waals surface area (Å²) in [6.07, 6.45) is 0.758. The maximum Gasteiger partial charge on any atom is 0.263 e. The smallest absolute Gasteiger partial charge is 0.263 e. The van der Waals surface area contributed by atoms with E-state index in [1.807, 2.05) is 19.1 Å². The van der Waals surface area contributed by atoms with E-state index in [2.05, 4.69) is 54.6 Å². The second kappa shape index (κ2) is 8.69. The van der Waals surface area contributed by atoms with Gasteiger partial charge in [-0.15, -0.1) is 11.3 Å². The van der Waals surface area contributed by atoms with E-state index < -0.39 is 0 Å². The number of fused-ring (bicyclic) bond motifs is 1. The largest absolute Gasteiger partial charge is 0.397 e. The predicted octanol–water partition coefficient (Wildman–Crippen LogP) is 3.33. The summed E-state index contributed by atoms with van der Waals surface area (Å²) in [4.78, 5) is 20.8. The molecule has 1 fully saturated rings. The van der Waals surface area contributed by atoms with E-state index in [4.69, 9.17) is 5.73 Å². The molecule has 4 N–H and O–H groups in total. The number of hydrogen-bond donors (Lipinski definition) is 3. The second-order valence-electron chi connectivity index (χ2n) is 7.18. The second-order valence-corrected chi connectivity index (χ2v) is 9.03. The maximum atomic E-state index is 12.6. The van der Waals surface area contributed by atoms with Crippen molar-refractivity contribution in [3.8, 4) is 0 Å². The van der Waals surface area contributed by atoms with Crippen molar-refractivity contribution < 1.29 is 4.79 Å². The molecule has 6 nitrogen and oxygen atoms in total. The summed E-state index contributed by atoms with van der Waals surface area (Å²) in [6.45, 7) is 6.53. The zero-order chi connectivity index (χ0) is 20.4. The highest BCUT2D eigenvalue weighted by atomic mass is 79.9. The van der Waals surface area contributed by atoms with Crippen molar-refractivity contribution in [2.24, 2.45) is 0 Å². The molecule has 0 spiro atoms. The lowest BCUT2D eigenvalue weighted by molar-refractivity contribution is 0.0959. The third-order valence-corrected chi connectivity index (χ3v) is 6.86. The lowest BCUT2D eigenvalue weighted by Gasteiger charge is -2.30. The Morgan fingerprint density at radius 1 is 1.31 bits per heavy atom. The molecule has 1 aliphatic heterocycles. The van der Waals surface area contributed by atoms with Crippen molar-refractivity contribution in [1.29, 1.82) is 0 Å². The van der Waals surface area contributed by atoms with Crippen molar-refractivity contribution in [1.82, 2.24) is 15.6 Å². The number of nitrogens with one attached hydrogen (secondary N) is 2. The number of carbonyl (C=O) groups is 1. The molecule has 8 heteroatoms. The predicted molar refractivity (Wildman–Crippen MR) is 124 cm³/mol. The van der Waals surface area contributed by atoms with Crippen molar-refractivity contribution in [3.05, 3.63) is 50.9 Å². The number of benzene rings is 1. The number of anilines is 2. The van der Waals surface area contributed by atoms with Gasteiger partial charge >= 0.3 is 0 Å². The van der Waals surface area contributed by atoms with Gasteiger partial charge in [-0.25, -0.2) is 4.98 Å². The number of pyridine rings is 1. The minimum absolute atomic E-state index is 0.139. The van der Waals surface area contributed by atoms with Gasteiger partial charge < -0.3 is 21.3 Å². The summed E-state index contributed by atoms with van der Waals surface area (Å²) in [7, 11) is 0. The van der Waals surface area contributed by atoms with E-state index in [1.54, 1.807) is 0 Å². The normalized spacial score (nSPS) is 14.3. The SMILES string of the molecule is Cc1ccc2c(N)c(C(=O)NCCc3ccc(N4CCNCC4)c(Br)c3)sc2n1. The van der Waals surface area contributed by atoms with Gasteiger partial charge in [0.15, 0.2) is 0 Å².